The predicted octanol–water partition coefficient (Wildman–Crippen LogP) is 2.45. The molecule has 2 rings (SSSR count). The van der Waals surface area contributed by atoms with Gasteiger partial charge in [-0.05, 0) is 24.1 Å². The van der Waals surface area contributed by atoms with Crippen LogP contribution >= 0.6 is 0 Å². The Morgan fingerprint density at radius 2 is 2.12 bits per heavy atom. The van der Waals surface area contributed by atoms with E-state index in [9.17, 15) is 8.78 Å². The van der Waals surface area contributed by atoms with E-state index in [1.807, 2.05) is 13.2 Å². The lowest BCUT2D eigenvalue weighted by Gasteiger charge is -2.02. The fraction of sp³-hybridized carbons (Fsp3) is 0.250. The maximum atomic E-state index is 13.0. The summed E-state index contributed by atoms with van der Waals surface area (Å²) in [7, 11) is 1.82. The lowest BCUT2D eigenvalue weighted by molar-refractivity contribution is 0.505. The monoisotopic (exact) mass is 237 g/mol. The maximum Gasteiger partial charge on any atom is 0.159 e. The van der Waals surface area contributed by atoms with Gasteiger partial charge in [0.05, 0.1) is 11.9 Å². The molecule has 0 saturated carbocycles. The first kappa shape index (κ1) is 11.6. The van der Waals surface area contributed by atoms with Crippen molar-refractivity contribution in [1.82, 2.24) is 9.78 Å². The molecule has 1 aromatic carbocycles. The molecule has 0 bridgehead atoms. The van der Waals surface area contributed by atoms with E-state index < -0.39 is 11.6 Å². The van der Waals surface area contributed by atoms with Crippen LogP contribution in [0.15, 0.2) is 30.6 Å². The predicted molar refractivity (Wildman–Crippen MR) is 61.8 cm³/mol. The molecular weight excluding hydrogens is 224 g/mol. The average molecular weight is 237 g/mol. The van der Waals surface area contributed by atoms with Gasteiger partial charge >= 0.3 is 0 Å². The van der Waals surface area contributed by atoms with Crippen molar-refractivity contribution in [3.05, 3.63) is 47.8 Å². The van der Waals surface area contributed by atoms with E-state index in [0.717, 1.165) is 17.3 Å². The van der Waals surface area contributed by atoms with Crippen molar-refractivity contribution in [3.8, 4) is 0 Å². The van der Waals surface area contributed by atoms with E-state index in [2.05, 4.69) is 10.4 Å². The van der Waals surface area contributed by atoms with Crippen molar-refractivity contribution >= 4 is 5.69 Å². The second kappa shape index (κ2) is 4.95. The van der Waals surface area contributed by atoms with Crippen molar-refractivity contribution in [2.45, 2.75) is 13.0 Å². The van der Waals surface area contributed by atoms with Crippen molar-refractivity contribution in [2.24, 2.45) is 0 Å². The molecule has 2 aromatic rings. The molecule has 0 saturated heterocycles. The zero-order valence-electron chi connectivity index (χ0n) is 9.45. The summed E-state index contributed by atoms with van der Waals surface area (Å²) in [6.07, 6.45) is 4.19. The van der Waals surface area contributed by atoms with E-state index in [1.54, 1.807) is 16.9 Å². The zero-order chi connectivity index (χ0) is 12.3. The first-order valence-electron chi connectivity index (χ1n) is 5.33. The van der Waals surface area contributed by atoms with E-state index in [4.69, 9.17) is 0 Å². The Hall–Kier alpha value is -1.91. The quantitative estimate of drug-likeness (QED) is 0.885. The summed E-state index contributed by atoms with van der Waals surface area (Å²) in [5.41, 5.74) is 1.68. The molecular formula is C12H13F2N3. The number of hydrogen-bond donors (Lipinski definition) is 1. The van der Waals surface area contributed by atoms with Crippen LogP contribution in [0.5, 0.6) is 0 Å². The Labute approximate surface area is 98.1 Å². The number of hydrogen-bond acceptors (Lipinski definition) is 2. The minimum Gasteiger partial charge on any atom is -0.386 e. The standard InChI is InChI=1S/C12H13F2N3/c1-15-10-7-16-17(8-10)5-4-9-2-3-11(13)12(14)6-9/h2-3,6-8,15H,4-5H2,1H3. The largest absolute Gasteiger partial charge is 0.386 e. The van der Waals surface area contributed by atoms with Crippen LogP contribution in [0.2, 0.25) is 0 Å². The van der Waals surface area contributed by atoms with Crippen LogP contribution in [-0.2, 0) is 13.0 Å². The fourth-order valence-corrected chi connectivity index (χ4v) is 1.55. The topological polar surface area (TPSA) is 29.9 Å². The maximum absolute atomic E-state index is 13.0. The lowest BCUT2D eigenvalue weighted by Crippen LogP contribution is -2.02. The molecule has 0 aliphatic carbocycles. The first-order chi connectivity index (χ1) is 8.19. The van der Waals surface area contributed by atoms with Crippen molar-refractivity contribution in [1.29, 1.82) is 0 Å². The molecule has 1 heterocycles. The molecule has 0 atom stereocenters. The second-order valence-electron chi connectivity index (χ2n) is 3.74. The SMILES string of the molecule is CNc1cnn(CCc2ccc(F)c(F)c2)c1. The smallest absolute Gasteiger partial charge is 0.159 e. The van der Waals surface area contributed by atoms with Crippen LogP contribution in [0, 0.1) is 11.6 Å². The van der Waals surface area contributed by atoms with Gasteiger partial charge in [0.2, 0.25) is 0 Å². The molecule has 0 radical (unpaired) electrons. The number of anilines is 1. The third kappa shape index (κ3) is 2.81. The highest BCUT2D eigenvalue weighted by Crippen LogP contribution is 2.10. The number of nitrogens with one attached hydrogen (secondary N) is 1. The van der Waals surface area contributed by atoms with Crippen molar-refractivity contribution in [3.63, 3.8) is 0 Å². The molecule has 1 aromatic heterocycles. The molecule has 3 nitrogen and oxygen atoms in total. The minimum atomic E-state index is -0.815. The number of nitrogens with zero attached hydrogens (tertiary/aromatic N) is 2. The summed E-state index contributed by atoms with van der Waals surface area (Å²) < 4.78 is 27.4. The summed E-state index contributed by atoms with van der Waals surface area (Å²) in [5, 5.41) is 7.10. The number of halogens is 2. The number of aromatic nitrogens is 2. The highest BCUT2D eigenvalue weighted by atomic mass is 19.2. The first-order valence-corrected chi connectivity index (χ1v) is 5.33. The minimum absolute atomic E-state index is 0.613. The Balaban J connectivity index is 1.99. The van der Waals surface area contributed by atoms with Crippen LogP contribution in [-0.4, -0.2) is 16.8 Å². The third-order valence-electron chi connectivity index (χ3n) is 2.54. The molecule has 17 heavy (non-hydrogen) atoms. The highest BCUT2D eigenvalue weighted by molar-refractivity contribution is 5.36. The Kier molecular flexibility index (Phi) is 3.37. The normalized spacial score (nSPS) is 10.5. The van der Waals surface area contributed by atoms with Gasteiger partial charge in [0.1, 0.15) is 0 Å². The summed E-state index contributed by atoms with van der Waals surface area (Å²) in [4.78, 5) is 0. The van der Waals surface area contributed by atoms with Gasteiger partial charge in [0.15, 0.2) is 11.6 Å². The van der Waals surface area contributed by atoms with E-state index in [-0.39, 0.29) is 0 Å². The molecule has 0 aliphatic rings. The van der Waals surface area contributed by atoms with Gasteiger partial charge in [-0.15, -0.1) is 0 Å². The molecule has 1 N–H and O–H groups in total. The molecule has 0 spiro atoms. The van der Waals surface area contributed by atoms with Gasteiger partial charge in [-0.3, -0.25) is 4.68 Å². The molecule has 0 unspecified atom stereocenters. The highest BCUT2D eigenvalue weighted by Gasteiger charge is 2.03. The third-order valence-corrected chi connectivity index (χ3v) is 2.54. The number of benzene rings is 1. The van der Waals surface area contributed by atoms with Crippen LogP contribution in [0.1, 0.15) is 5.56 Å². The van der Waals surface area contributed by atoms with Gasteiger partial charge in [-0.1, -0.05) is 6.07 Å². The van der Waals surface area contributed by atoms with Crippen LogP contribution in [0.25, 0.3) is 0 Å². The summed E-state index contributed by atoms with van der Waals surface area (Å²) >= 11 is 0. The average Bonchev–Trinajstić information content (AvgIpc) is 2.79. The Morgan fingerprint density at radius 3 is 2.76 bits per heavy atom. The van der Waals surface area contributed by atoms with Gasteiger partial charge in [-0.2, -0.15) is 5.10 Å². The lowest BCUT2D eigenvalue weighted by atomic mass is 10.1. The van der Waals surface area contributed by atoms with E-state index >= 15 is 0 Å². The van der Waals surface area contributed by atoms with Crippen LogP contribution in [0.4, 0.5) is 14.5 Å². The van der Waals surface area contributed by atoms with Gasteiger partial charge in [0, 0.05) is 19.8 Å². The van der Waals surface area contributed by atoms with Gasteiger partial charge < -0.3 is 5.32 Å². The zero-order valence-corrected chi connectivity index (χ0v) is 9.45. The second-order valence-corrected chi connectivity index (χ2v) is 3.74. The Bertz CT molecular complexity index is 508. The Morgan fingerprint density at radius 1 is 1.29 bits per heavy atom. The molecule has 5 heteroatoms. The van der Waals surface area contributed by atoms with E-state index in [0.29, 0.717) is 13.0 Å². The van der Waals surface area contributed by atoms with Crippen LogP contribution in [0.3, 0.4) is 0 Å². The molecule has 0 aliphatic heterocycles. The van der Waals surface area contributed by atoms with Crippen molar-refractivity contribution < 1.29 is 8.78 Å². The summed E-state index contributed by atoms with van der Waals surface area (Å²) in [6.45, 7) is 0.632. The van der Waals surface area contributed by atoms with Crippen LogP contribution < -0.4 is 5.32 Å². The van der Waals surface area contributed by atoms with E-state index in [1.165, 1.54) is 6.07 Å². The van der Waals surface area contributed by atoms with Gasteiger partial charge in [0.25, 0.3) is 0 Å². The summed E-state index contributed by atoms with van der Waals surface area (Å²) in [6, 6.07) is 3.95. The summed E-state index contributed by atoms with van der Waals surface area (Å²) in [5.74, 6) is -1.62. The fourth-order valence-electron chi connectivity index (χ4n) is 1.55. The van der Waals surface area contributed by atoms with Gasteiger partial charge in [-0.25, -0.2) is 8.78 Å². The number of aryl methyl sites for hydroxylation is 2. The van der Waals surface area contributed by atoms with Crippen molar-refractivity contribution in [2.75, 3.05) is 12.4 Å². The molecule has 90 valence electrons. The molecule has 0 fully saturated rings. The number of rotatable bonds is 4. The molecule has 0 amide bonds.